The molecule has 0 aromatic heterocycles. The van der Waals surface area contributed by atoms with Gasteiger partial charge in [-0.05, 0) is 35.6 Å². The summed E-state index contributed by atoms with van der Waals surface area (Å²) in [7, 11) is 2.93. The molecule has 6 heteroatoms. The molecule has 1 rings (SSSR count). The third-order valence-corrected chi connectivity index (χ3v) is 3.37. The quantitative estimate of drug-likeness (QED) is 0.485. The molecule has 0 unspecified atom stereocenters. The number of halogens is 1. The van der Waals surface area contributed by atoms with Gasteiger partial charge in [0.25, 0.3) is 0 Å². The van der Waals surface area contributed by atoms with Crippen LogP contribution in [-0.2, 0) is 16.1 Å². The van der Waals surface area contributed by atoms with E-state index in [1.54, 1.807) is 13.0 Å². The lowest BCUT2D eigenvalue weighted by Gasteiger charge is -2.14. The fraction of sp³-hybridized carbons (Fsp3) is 0.308. The Kier molecular flexibility index (Phi) is 5.46. The van der Waals surface area contributed by atoms with Crippen LogP contribution in [0.1, 0.15) is 12.5 Å². The van der Waals surface area contributed by atoms with Crippen LogP contribution in [0.25, 0.3) is 0 Å². The van der Waals surface area contributed by atoms with Gasteiger partial charge in [-0.1, -0.05) is 6.58 Å². The Labute approximate surface area is 125 Å². The van der Waals surface area contributed by atoms with Crippen molar-refractivity contribution in [2.75, 3.05) is 14.2 Å². The summed E-state index contributed by atoms with van der Waals surface area (Å²) >= 11 is 1.94. The molecule has 0 saturated carbocycles. The summed E-state index contributed by atoms with van der Waals surface area (Å²) in [5.41, 5.74) is 0.926. The zero-order valence-corrected chi connectivity index (χ0v) is 13.1. The van der Waals surface area contributed by atoms with Gasteiger partial charge in [0.1, 0.15) is 15.9 Å². The lowest BCUT2D eigenvalue weighted by Crippen LogP contribution is -2.06. The molecule has 104 valence electrons. The molecule has 1 aromatic rings. The predicted octanol–water partition coefficient (Wildman–Crippen LogP) is 2.63. The van der Waals surface area contributed by atoms with E-state index in [0.717, 1.165) is 0 Å². The van der Waals surface area contributed by atoms with Crippen LogP contribution in [-0.4, -0.2) is 25.3 Å². The molecule has 0 radical (unpaired) electrons. The van der Waals surface area contributed by atoms with Gasteiger partial charge >= 0.3 is 5.97 Å². The number of phenolic OH excluding ortho intramolecular Hbond substituents is 1. The minimum absolute atomic E-state index is 0.00470. The highest BCUT2D eigenvalue weighted by molar-refractivity contribution is 14.1. The Morgan fingerprint density at radius 2 is 2.05 bits per heavy atom. The van der Waals surface area contributed by atoms with Crippen molar-refractivity contribution in [2.45, 2.75) is 13.5 Å². The molecule has 0 heterocycles. The predicted molar refractivity (Wildman–Crippen MR) is 78.5 cm³/mol. The number of rotatable bonds is 5. The van der Waals surface area contributed by atoms with E-state index in [9.17, 15) is 9.90 Å². The first-order valence-electron chi connectivity index (χ1n) is 5.37. The molecule has 5 nitrogen and oxygen atoms in total. The molecule has 1 N–H and O–H groups in total. The molecule has 0 aliphatic carbocycles. The number of phenols is 1. The van der Waals surface area contributed by atoms with Crippen LogP contribution in [0.4, 0.5) is 0 Å². The average Bonchev–Trinajstić information content (AvgIpc) is 2.39. The van der Waals surface area contributed by atoms with Crippen LogP contribution < -0.4 is 9.47 Å². The first kappa shape index (κ1) is 15.6. The minimum Gasteiger partial charge on any atom is -0.503 e. The van der Waals surface area contributed by atoms with Crippen LogP contribution in [0, 0.1) is 3.57 Å². The van der Waals surface area contributed by atoms with Gasteiger partial charge in [0, 0.05) is 11.1 Å². The van der Waals surface area contributed by atoms with E-state index in [-0.39, 0.29) is 12.4 Å². The topological polar surface area (TPSA) is 65.0 Å². The molecular formula is C13H15IO5. The summed E-state index contributed by atoms with van der Waals surface area (Å²) in [6.45, 7) is 5.09. The van der Waals surface area contributed by atoms with Crippen LogP contribution in [0.5, 0.6) is 17.2 Å². The first-order valence-corrected chi connectivity index (χ1v) is 6.45. The lowest BCUT2D eigenvalue weighted by atomic mass is 10.2. The molecule has 0 fully saturated rings. The maximum absolute atomic E-state index is 11.4. The van der Waals surface area contributed by atoms with Gasteiger partial charge in [0.2, 0.25) is 0 Å². The molecule has 0 aliphatic heterocycles. The van der Waals surface area contributed by atoms with Gasteiger partial charge in [-0.2, -0.15) is 0 Å². The summed E-state index contributed by atoms with van der Waals surface area (Å²) in [5, 5.41) is 9.87. The summed E-state index contributed by atoms with van der Waals surface area (Å²) in [4.78, 5) is 11.4. The molecule has 0 amide bonds. The highest BCUT2D eigenvalue weighted by Gasteiger charge is 2.18. The fourth-order valence-corrected chi connectivity index (χ4v) is 2.23. The SMILES string of the molecule is C=C(C)C(=O)OCc1cc(OC)c(O)c(I)c1OC. The van der Waals surface area contributed by atoms with Crippen molar-refractivity contribution in [3.63, 3.8) is 0 Å². The third-order valence-electron chi connectivity index (χ3n) is 2.37. The Morgan fingerprint density at radius 1 is 1.42 bits per heavy atom. The van der Waals surface area contributed by atoms with E-state index in [4.69, 9.17) is 14.2 Å². The van der Waals surface area contributed by atoms with Crippen molar-refractivity contribution in [3.05, 3.63) is 27.4 Å². The van der Waals surface area contributed by atoms with E-state index in [1.165, 1.54) is 14.2 Å². The largest absolute Gasteiger partial charge is 0.503 e. The number of methoxy groups -OCH3 is 2. The third kappa shape index (κ3) is 3.52. The fourth-order valence-electron chi connectivity index (χ4n) is 1.40. The zero-order chi connectivity index (χ0) is 14.6. The van der Waals surface area contributed by atoms with E-state index >= 15 is 0 Å². The van der Waals surface area contributed by atoms with Gasteiger partial charge in [-0.15, -0.1) is 0 Å². The van der Waals surface area contributed by atoms with E-state index < -0.39 is 5.97 Å². The van der Waals surface area contributed by atoms with Crippen LogP contribution in [0.2, 0.25) is 0 Å². The Morgan fingerprint density at radius 3 is 2.53 bits per heavy atom. The highest BCUT2D eigenvalue weighted by atomic mass is 127. The number of benzene rings is 1. The normalized spacial score (nSPS) is 9.89. The first-order chi connectivity index (χ1) is 8.92. The van der Waals surface area contributed by atoms with Gasteiger partial charge < -0.3 is 19.3 Å². The molecule has 0 bridgehead atoms. The molecule has 0 atom stereocenters. The number of ether oxygens (including phenoxy) is 3. The summed E-state index contributed by atoms with van der Waals surface area (Å²) in [6, 6.07) is 1.57. The van der Waals surface area contributed by atoms with E-state index in [0.29, 0.717) is 26.2 Å². The number of hydrogen-bond acceptors (Lipinski definition) is 5. The van der Waals surface area contributed by atoms with Crippen molar-refractivity contribution < 1.29 is 24.1 Å². The summed E-state index contributed by atoms with van der Waals surface area (Å²) < 4.78 is 15.8. The standard InChI is InChI=1S/C13H15IO5/c1-7(2)13(16)19-6-8-5-9(17-3)11(15)10(14)12(8)18-4/h5,15H,1,6H2,2-4H3. The lowest BCUT2D eigenvalue weighted by molar-refractivity contribution is -0.140. The van der Waals surface area contributed by atoms with Crippen molar-refractivity contribution in [1.82, 2.24) is 0 Å². The smallest absolute Gasteiger partial charge is 0.333 e. The van der Waals surface area contributed by atoms with Crippen molar-refractivity contribution >= 4 is 28.6 Å². The Bertz CT molecular complexity index is 510. The van der Waals surface area contributed by atoms with E-state index in [2.05, 4.69) is 6.58 Å². The highest BCUT2D eigenvalue weighted by Crippen LogP contribution is 2.40. The van der Waals surface area contributed by atoms with Crippen LogP contribution in [0.15, 0.2) is 18.2 Å². The second-order valence-corrected chi connectivity index (χ2v) is 4.87. The van der Waals surface area contributed by atoms with Crippen molar-refractivity contribution in [1.29, 1.82) is 0 Å². The molecule has 0 spiro atoms. The number of hydrogen-bond donors (Lipinski definition) is 1. The van der Waals surface area contributed by atoms with Gasteiger partial charge in [0.05, 0.1) is 14.2 Å². The van der Waals surface area contributed by atoms with Gasteiger partial charge in [-0.3, -0.25) is 0 Å². The molecule has 0 aliphatic rings. The molecule has 1 aromatic carbocycles. The van der Waals surface area contributed by atoms with Crippen LogP contribution in [0.3, 0.4) is 0 Å². The number of carbonyl (C=O) groups excluding carboxylic acids is 1. The molecule has 0 saturated heterocycles. The van der Waals surface area contributed by atoms with Crippen molar-refractivity contribution in [3.8, 4) is 17.2 Å². The average molecular weight is 378 g/mol. The van der Waals surface area contributed by atoms with Gasteiger partial charge in [0.15, 0.2) is 11.5 Å². The Hall–Kier alpha value is -1.44. The van der Waals surface area contributed by atoms with Gasteiger partial charge in [-0.25, -0.2) is 4.79 Å². The monoisotopic (exact) mass is 378 g/mol. The number of aromatic hydroxyl groups is 1. The Balaban J connectivity index is 3.08. The van der Waals surface area contributed by atoms with Crippen LogP contribution >= 0.6 is 22.6 Å². The molecule has 19 heavy (non-hydrogen) atoms. The molecular weight excluding hydrogens is 363 g/mol. The maximum atomic E-state index is 11.4. The summed E-state index contributed by atoms with van der Waals surface area (Å²) in [5.74, 6) is 0.263. The van der Waals surface area contributed by atoms with E-state index in [1.807, 2.05) is 22.6 Å². The van der Waals surface area contributed by atoms with Crippen molar-refractivity contribution in [2.24, 2.45) is 0 Å². The minimum atomic E-state index is -0.482. The number of carbonyl (C=O) groups is 1. The second-order valence-electron chi connectivity index (χ2n) is 3.79. The second kappa shape index (κ2) is 6.65. The number of esters is 1. The zero-order valence-electron chi connectivity index (χ0n) is 10.9. The summed E-state index contributed by atoms with van der Waals surface area (Å²) in [6.07, 6.45) is 0. The maximum Gasteiger partial charge on any atom is 0.333 e.